The molecule has 0 saturated carbocycles. The van der Waals surface area contributed by atoms with Crippen molar-refractivity contribution in [2.75, 3.05) is 7.11 Å². The molecule has 256 valence electrons. The van der Waals surface area contributed by atoms with Crippen LogP contribution in [0.15, 0.2) is 109 Å². The summed E-state index contributed by atoms with van der Waals surface area (Å²) in [7, 11) is 1.14. The maximum atomic E-state index is 14.0. The SMILES string of the molecule is COC(=O)[C@H](Cc1c[nH]c2ccccc12)NC(=O)NC(Cc1ccccc1)(c1cccc(OC(F)(F)F)c1)c1cccc(OC(F)(F)F)c1. The molecule has 0 radical (unpaired) electrons. The molecule has 5 rings (SSSR count). The second-order valence-electron chi connectivity index (χ2n) is 11.0. The molecule has 0 saturated heterocycles. The van der Waals surface area contributed by atoms with E-state index in [9.17, 15) is 35.9 Å². The monoisotopic (exact) mass is 685 g/mol. The van der Waals surface area contributed by atoms with Crippen molar-refractivity contribution in [2.24, 2.45) is 0 Å². The molecule has 0 aliphatic rings. The van der Waals surface area contributed by atoms with E-state index in [-0.39, 0.29) is 24.0 Å². The van der Waals surface area contributed by atoms with Gasteiger partial charge in [0, 0.05) is 29.9 Å². The number of amides is 2. The van der Waals surface area contributed by atoms with Gasteiger partial charge in [0.2, 0.25) is 0 Å². The van der Waals surface area contributed by atoms with Crippen molar-refractivity contribution in [1.82, 2.24) is 15.6 Å². The van der Waals surface area contributed by atoms with Crippen molar-refractivity contribution in [3.8, 4) is 11.5 Å². The lowest BCUT2D eigenvalue weighted by Crippen LogP contribution is -2.55. The minimum atomic E-state index is -5.07. The summed E-state index contributed by atoms with van der Waals surface area (Å²) in [5, 5.41) is 6.17. The minimum absolute atomic E-state index is 0.0143. The van der Waals surface area contributed by atoms with Crippen molar-refractivity contribution in [3.05, 3.63) is 132 Å². The third-order valence-electron chi connectivity index (χ3n) is 7.65. The molecule has 2 amide bonds. The molecule has 1 atom stereocenters. The molecular weight excluding hydrogens is 656 g/mol. The molecule has 3 N–H and O–H groups in total. The number of alkyl halides is 6. The number of hydrogen-bond donors (Lipinski definition) is 3. The Kier molecular flexibility index (Phi) is 10.1. The molecular formula is C35H29F6N3O5. The fourth-order valence-electron chi connectivity index (χ4n) is 5.62. The second kappa shape index (κ2) is 14.2. The summed E-state index contributed by atoms with van der Waals surface area (Å²) in [5.41, 5.74) is 0.191. The Morgan fingerprint density at radius 2 is 1.33 bits per heavy atom. The maximum absolute atomic E-state index is 14.0. The van der Waals surface area contributed by atoms with Gasteiger partial charge < -0.3 is 29.8 Å². The number of urea groups is 1. The number of carbonyl (C=O) groups is 2. The molecule has 0 aliphatic heterocycles. The van der Waals surface area contributed by atoms with Crippen LogP contribution in [0.2, 0.25) is 0 Å². The number of rotatable bonds is 11. The van der Waals surface area contributed by atoms with Crippen LogP contribution in [0, 0.1) is 0 Å². The zero-order chi connectivity index (χ0) is 35.2. The lowest BCUT2D eigenvalue weighted by molar-refractivity contribution is -0.275. The van der Waals surface area contributed by atoms with Crippen molar-refractivity contribution >= 4 is 22.9 Å². The fraction of sp³-hybridized carbons (Fsp3) is 0.200. The Labute approximate surface area is 276 Å². The van der Waals surface area contributed by atoms with Crippen LogP contribution in [0.25, 0.3) is 10.9 Å². The van der Waals surface area contributed by atoms with Gasteiger partial charge in [0.15, 0.2) is 0 Å². The molecule has 0 aliphatic carbocycles. The first kappa shape index (κ1) is 34.7. The van der Waals surface area contributed by atoms with E-state index in [1.54, 1.807) is 42.6 Å². The Bertz CT molecular complexity index is 1850. The third-order valence-corrected chi connectivity index (χ3v) is 7.65. The third kappa shape index (κ3) is 8.83. The van der Waals surface area contributed by atoms with Crippen LogP contribution in [0.4, 0.5) is 31.1 Å². The normalized spacial score (nSPS) is 12.6. The molecule has 14 heteroatoms. The summed E-state index contributed by atoms with van der Waals surface area (Å²) in [4.78, 5) is 30.0. The second-order valence-corrected chi connectivity index (χ2v) is 11.0. The maximum Gasteiger partial charge on any atom is 0.573 e. The molecule has 5 aromatic rings. The summed E-state index contributed by atoms with van der Waals surface area (Å²) in [6, 6.07) is 22.9. The number of para-hydroxylation sites is 1. The number of hydrogen-bond acceptors (Lipinski definition) is 5. The first-order valence-corrected chi connectivity index (χ1v) is 14.7. The molecule has 0 unspecified atom stereocenters. The summed E-state index contributed by atoms with van der Waals surface area (Å²) in [5.74, 6) is -2.08. The Morgan fingerprint density at radius 3 is 1.90 bits per heavy atom. The van der Waals surface area contributed by atoms with E-state index in [2.05, 4.69) is 25.1 Å². The molecule has 0 spiro atoms. The van der Waals surface area contributed by atoms with E-state index < -0.39 is 47.8 Å². The van der Waals surface area contributed by atoms with Gasteiger partial charge in [-0.1, -0.05) is 72.8 Å². The lowest BCUT2D eigenvalue weighted by atomic mass is 9.77. The van der Waals surface area contributed by atoms with Crippen LogP contribution in [-0.4, -0.2) is 42.9 Å². The van der Waals surface area contributed by atoms with Crippen molar-refractivity contribution < 1.29 is 50.1 Å². The van der Waals surface area contributed by atoms with Gasteiger partial charge in [0.05, 0.1) is 12.6 Å². The van der Waals surface area contributed by atoms with Crippen LogP contribution < -0.4 is 20.1 Å². The predicted octanol–water partition coefficient (Wildman–Crippen LogP) is 7.53. The van der Waals surface area contributed by atoms with Crippen LogP contribution in [-0.2, 0) is 27.9 Å². The number of methoxy groups -OCH3 is 1. The number of nitrogens with one attached hydrogen (secondary N) is 3. The predicted molar refractivity (Wildman–Crippen MR) is 167 cm³/mol. The number of fused-ring (bicyclic) bond motifs is 1. The quantitative estimate of drug-likeness (QED) is 0.0986. The van der Waals surface area contributed by atoms with E-state index in [0.717, 1.165) is 42.3 Å². The van der Waals surface area contributed by atoms with Gasteiger partial charge in [-0.25, -0.2) is 9.59 Å². The minimum Gasteiger partial charge on any atom is -0.467 e. The van der Waals surface area contributed by atoms with Crippen molar-refractivity contribution in [1.29, 1.82) is 0 Å². The highest BCUT2D eigenvalue weighted by Crippen LogP contribution is 2.38. The molecule has 49 heavy (non-hydrogen) atoms. The lowest BCUT2D eigenvalue weighted by Gasteiger charge is -2.37. The van der Waals surface area contributed by atoms with Crippen LogP contribution in [0.3, 0.4) is 0 Å². The first-order chi connectivity index (χ1) is 23.2. The topological polar surface area (TPSA) is 102 Å². The number of ether oxygens (including phenoxy) is 3. The molecule has 8 nitrogen and oxygen atoms in total. The van der Waals surface area contributed by atoms with E-state index in [4.69, 9.17) is 4.74 Å². The van der Waals surface area contributed by atoms with E-state index in [1.165, 1.54) is 24.3 Å². The summed E-state index contributed by atoms with van der Waals surface area (Å²) < 4.78 is 93.0. The number of aromatic amines is 1. The number of carbonyl (C=O) groups excluding carboxylic acids is 2. The number of benzene rings is 4. The fourth-order valence-corrected chi connectivity index (χ4v) is 5.62. The van der Waals surface area contributed by atoms with Gasteiger partial charge in [-0.15, -0.1) is 26.3 Å². The highest BCUT2D eigenvalue weighted by Gasteiger charge is 2.40. The average molecular weight is 686 g/mol. The summed E-state index contributed by atoms with van der Waals surface area (Å²) >= 11 is 0. The summed E-state index contributed by atoms with van der Waals surface area (Å²) in [6.07, 6.45) is -8.64. The Balaban J connectivity index is 1.61. The van der Waals surface area contributed by atoms with Gasteiger partial charge in [0.25, 0.3) is 0 Å². The number of aromatic nitrogens is 1. The van der Waals surface area contributed by atoms with E-state index in [1.807, 2.05) is 18.2 Å². The number of halogens is 6. The number of esters is 1. The first-order valence-electron chi connectivity index (χ1n) is 14.7. The zero-order valence-corrected chi connectivity index (χ0v) is 25.7. The van der Waals surface area contributed by atoms with E-state index >= 15 is 0 Å². The van der Waals surface area contributed by atoms with Crippen molar-refractivity contribution in [2.45, 2.75) is 37.1 Å². The van der Waals surface area contributed by atoms with Gasteiger partial charge in [0.1, 0.15) is 17.5 Å². The molecule has 0 fully saturated rings. The van der Waals surface area contributed by atoms with Gasteiger partial charge >= 0.3 is 24.7 Å². The Hall–Kier alpha value is -5.66. The molecule has 1 heterocycles. The van der Waals surface area contributed by atoms with Gasteiger partial charge in [-0.3, -0.25) is 0 Å². The van der Waals surface area contributed by atoms with Gasteiger partial charge in [-0.2, -0.15) is 0 Å². The standard InChI is InChI=1S/C35H29F6N3O5/c1-47-31(45)30(17-23-21-42-29-16-6-5-15-28(23)29)43-32(46)44-33(20-22-9-3-2-4-10-22,24-11-7-13-26(18-24)48-34(36,37)38)25-12-8-14-27(19-25)49-35(39,40)41/h2-16,18-19,21,30,42H,17,20H2,1H3,(H2,43,44,46)/t30-/m0/s1. The Morgan fingerprint density at radius 1 is 0.755 bits per heavy atom. The highest BCUT2D eigenvalue weighted by molar-refractivity contribution is 5.87. The molecule has 1 aromatic heterocycles. The van der Waals surface area contributed by atoms with Crippen molar-refractivity contribution in [3.63, 3.8) is 0 Å². The highest BCUT2D eigenvalue weighted by atomic mass is 19.4. The largest absolute Gasteiger partial charge is 0.573 e. The molecule has 0 bridgehead atoms. The van der Waals surface area contributed by atoms with Gasteiger partial charge in [-0.05, 0) is 52.6 Å². The molecule has 4 aromatic carbocycles. The van der Waals surface area contributed by atoms with E-state index in [0.29, 0.717) is 11.1 Å². The average Bonchev–Trinajstić information content (AvgIpc) is 3.45. The zero-order valence-electron chi connectivity index (χ0n) is 25.7. The van der Waals surface area contributed by atoms with Crippen LogP contribution in [0.1, 0.15) is 22.3 Å². The van der Waals surface area contributed by atoms with Crippen LogP contribution in [0.5, 0.6) is 11.5 Å². The summed E-state index contributed by atoms with van der Waals surface area (Å²) in [6.45, 7) is 0. The van der Waals surface area contributed by atoms with Crippen LogP contribution >= 0.6 is 0 Å². The smallest absolute Gasteiger partial charge is 0.467 e. The number of H-pyrrole nitrogens is 1.